The van der Waals surface area contributed by atoms with Gasteiger partial charge in [-0.05, 0) is 32.0 Å². The summed E-state index contributed by atoms with van der Waals surface area (Å²) in [6, 6.07) is 0. The van der Waals surface area contributed by atoms with Crippen LogP contribution in [0.2, 0.25) is 18.1 Å². The lowest BCUT2D eigenvalue weighted by Gasteiger charge is -2.40. The number of hydrogen-bond acceptors (Lipinski definition) is 5. The van der Waals surface area contributed by atoms with Crippen molar-refractivity contribution in [2.24, 2.45) is 5.14 Å². The van der Waals surface area contributed by atoms with Crippen LogP contribution in [0.3, 0.4) is 0 Å². The first kappa shape index (κ1) is 19.2. The summed E-state index contributed by atoms with van der Waals surface area (Å²) in [5.74, 6) is 0. The van der Waals surface area contributed by atoms with Crippen LogP contribution in [0.4, 0.5) is 0 Å². The van der Waals surface area contributed by atoms with Crippen molar-refractivity contribution in [3.05, 3.63) is 23.8 Å². The van der Waals surface area contributed by atoms with Gasteiger partial charge < -0.3 is 4.43 Å². The molecule has 2 N–H and O–H groups in total. The van der Waals surface area contributed by atoms with E-state index >= 15 is 0 Å². The molecule has 1 aromatic heterocycles. The molecular formula is C14H27N3O3SSi. The predicted octanol–water partition coefficient (Wildman–Crippen LogP) is 2.52. The highest BCUT2D eigenvalue weighted by atomic mass is 32.2. The second kappa shape index (κ2) is 6.35. The number of primary sulfonamides is 1. The lowest BCUT2D eigenvalue weighted by Crippen LogP contribution is -2.45. The second-order valence-corrected chi connectivity index (χ2v) is 13.9. The molecule has 0 saturated carbocycles. The molecule has 1 aromatic rings. The third-order valence-corrected chi connectivity index (χ3v) is 10.0. The summed E-state index contributed by atoms with van der Waals surface area (Å²) in [5.41, 5.74) is 1.26. The third kappa shape index (κ3) is 4.58. The van der Waals surface area contributed by atoms with E-state index in [1.54, 1.807) is 19.3 Å². The van der Waals surface area contributed by atoms with Crippen LogP contribution in [-0.4, -0.2) is 32.0 Å². The molecule has 6 nitrogen and oxygen atoms in total. The number of nitrogens with zero attached hydrogens (tertiary/aromatic N) is 2. The predicted molar refractivity (Wildman–Crippen MR) is 90.4 cm³/mol. The van der Waals surface area contributed by atoms with Crippen molar-refractivity contribution in [2.75, 3.05) is 0 Å². The first-order valence-electron chi connectivity index (χ1n) is 7.23. The van der Waals surface area contributed by atoms with Gasteiger partial charge in [-0.25, -0.2) is 13.6 Å². The number of sulfonamides is 1. The molecule has 0 aromatic carbocycles. The average Bonchev–Trinajstić information content (AvgIpc) is 2.34. The van der Waals surface area contributed by atoms with Gasteiger partial charge in [-0.1, -0.05) is 20.8 Å². The summed E-state index contributed by atoms with van der Waals surface area (Å²) < 4.78 is 29.9. The van der Waals surface area contributed by atoms with E-state index in [9.17, 15) is 8.42 Å². The summed E-state index contributed by atoms with van der Waals surface area (Å²) in [7, 11) is -5.94. The van der Waals surface area contributed by atoms with Crippen LogP contribution in [0.1, 0.15) is 45.2 Å². The summed E-state index contributed by atoms with van der Waals surface area (Å²) in [5, 5.41) is 4.39. The number of aryl methyl sites for hydroxylation is 1. The maximum Gasteiger partial charge on any atom is 0.214 e. The molecule has 0 amide bonds. The summed E-state index contributed by atoms with van der Waals surface area (Å²) in [4.78, 5) is 8.49. The van der Waals surface area contributed by atoms with Crippen molar-refractivity contribution >= 4 is 18.3 Å². The van der Waals surface area contributed by atoms with Gasteiger partial charge in [-0.2, -0.15) is 0 Å². The minimum Gasteiger partial charge on any atom is -0.407 e. The molecule has 8 heteroatoms. The van der Waals surface area contributed by atoms with E-state index in [1.165, 1.54) is 0 Å². The van der Waals surface area contributed by atoms with Gasteiger partial charge in [-0.15, -0.1) is 0 Å². The Balaban J connectivity index is 3.27. The standard InChI is InChI=1S/C14H27N3O3SSi/c1-10-8-17-12(9-16-10)13(11(2)21(15,18)19)20-22(6,7)14(3,4)5/h8-9,11,13H,1-7H3,(H2,15,18,19). The van der Waals surface area contributed by atoms with Gasteiger partial charge >= 0.3 is 0 Å². The van der Waals surface area contributed by atoms with Crippen LogP contribution in [0.25, 0.3) is 0 Å². The minimum absolute atomic E-state index is 0.0541. The molecule has 0 bridgehead atoms. The fourth-order valence-electron chi connectivity index (χ4n) is 1.61. The summed E-state index contributed by atoms with van der Waals surface area (Å²) in [6.45, 7) is 13.8. The Bertz CT molecular complexity index is 609. The molecule has 1 rings (SSSR count). The van der Waals surface area contributed by atoms with Gasteiger partial charge in [0.25, 0.3) is 0 Å². The zero-order valence-electron chi connectivity index (χ0n) is 14.4. The smallest absolute Gasteiger partial charge is 0.214 e. The van der Waals surface area contributed by atoms with Crippen molar-refractivity contribution in [3.63, 3.8) is 0 Å². The molecule has 1 heterocycles. The van der Waals surface area contributed by atoms with E-state index in [-0.39, 0.29) is 5.04 Å². The summed E-state index contributed by atoms with van der Waals surface area (Å²) >= 11 is 0. The molecule has 22 heavy (non-hydrogen) atoms. The minimum atomic E-state index is -3.75. The van der Waals surface area contributed by atoms with Crippen molar-refractivity contribution in [1.82, 2.24) is 9.97 Å². The number of hydrogen-bond donors (Lipinski definition) is 1. The Labute approximate surface area is 134 Å². The largest absolute Gasteiger partial charge is 0.407 e. The lowest BCUT2D eigenvalue weighted by molar-refractivity contribution is 0.176. The van der Waals surface area contributed by atoms with Crippen molar-refractivity contribution in [1.29, 1.82) is 0 Å². The van der Waals surface area contributed by atoms with Crippen LogP contribution in [0, 0.1) is 6.92 Å². The topological polar surface area (TPSA) is 95.2 Å². The second-order valence-electron chi connectivity index (χ2n) is 7.18. The third-order valence-electron chi connectivity index (χ3n) is 4.26. The van der Waals surface area contributed by atoms with Crippen LogP contribution in [0.5, 0.6) is 0 Å². The first-order chi connectivity index (χ1) is 9.75. The zero-order valence-corrected chi connectivity index (χ0v) is 16.2. The van der Waals surface area contributed by atoms with E-state index in [2.05, 4.69) is 43.8 Å². The fourth-order valence-corrected chi connectivity index (χ4v) is 3.56. The highest BCUT2D eigenvalue weighted by molar-refractivity contribution is 7.89. The van der Waals surface area contributed by atoms with Gasteiger partial charge in [0.2, 0.25) is 10.0 Å². The van der Waals surface area contributed by atoms with Crippen molar-refractivity contribution < 1.29 is 12.8 Å². The first-order valence-corrected chi connectivity index (χ1v) is 11.8. The molecule has 2 unspecified atom stereocenters. The van der Waals surface area contributed by atoms with Crippen molar-refractivity contribution in [2.45, 2.75) is 64.1 Å². The highest BCUT2D eigenvalue weighted by Gasteiger charge is 2.42. The molecule has 126 valence electrons. The van der Waals surface area contributed by atoms with Crippen molar-refractivity contribution in [3.8, 4) is 0 Å². The van der Waals surface area contributed by atoms with E-state index in [4.69, 9.17) is 9.56 Å². The van der Waals surface area contributed by atoms with Crippen LogP contribution < -0.4 is 5.14 Å². The van der Waals surface area contributed by atoms with Gasteiger partial charge in [0.05, 0.1) is 17.6 Å². The molecule has 0 fully saturated rings. The van der Waals surface area contributed by atoms with E-state index in [0.29, 0.717) is 5.69 Å². The van der Waals surface area contributed by atoms with Crippen LogP contribution in [-0.2, 0) is 14.4 Å². The Morgan fingerprint density at radius 3 is 2.14 bits per heavy atom. The fraction of sp³-hybridized carbons (Fsp3) is 0.714. The van der Waals surface area contributed by atoms with E-state index in [0.717, 1.165) is 5.69 Å². The van der Waals surface area contributed by atoms with E-state index in [1.807, 2.05) is 6.92 Å². The molecule has 0 aliphatic carbocycles. The average molecular weight is 346 g/mol. The number of aromatic nitrogens is 2. The normalized spacial score (nSPS) is 16.4. The van der Waals surface area contributed by atoms with Gasteiger partial charge in [-0.3, -0.25) is 9.97 Å². The van der Waals surface area contributed by atoms with Gasteiger partial charge in [0.15, 0.2) is 8.32 Å². The molecule has 0 aliphatic rings. The molecular weight excluding hydrogens is 318 g/mol. The quantitative estimate of drug-likeness (QED) is 0.827. The maximum atomic E-state index is 11.8. The van der Waals surface area contributed by atoms with Gasteiger partial charge in [0, 0.05) is 6.20 Å². The molecule has 0 spiro atoms. The lowest BCUT2D eigenvalue weighted by atomic mass is 10.2. The Hall–Kier alpha value is -0.833. The maximum absolute atomic E-state index is 11.8. The number of nitrogens with two attached hydrogens (primary N) is 1. The molecule has 2 atom stereocenters. The zero-order chi connectivity index (χ0) is 17.3. The SMILES string of the molecule is Cc1cnc(C(O[Si](C)(C)C(C)(C)C)C(C)S(N)(=O)=O)cn1. The van der Waals surface area contributed by atoms with Gasteiger partial charge in [0.1, 0.15) is 11.4 Å². The molecule has 0 aliphatic heterocycles. The Kier molecular flexibility index (Phi) is 5.54. The Morgan fingerprint density at radius 2 is 1.77 bits per heavy atom. The monoisotopic (exact) mass is 345 g/mol. The number of rotatable bonds is 5. The molecule has 0 radical (unpaired) electrons. The Morgan fingerprint density at radius 1 is 1.23 bits per heavy atom. The van der Waals surface area contributed by atoms with Crippen LogP contribution >= 0.6 is 0 Å². The summed E-state index contributed by atoms with van der Waals surface area (Å²) in [6.07, 6.45) is 2.45. The molecule has 0 saturated heterocycles. The highest BCUT2D eigenvalue weighted by Crippen LogP contribution is 2.40. The van der Waals surface area contributed by atoms with Crippen LogP contribution in [0.15, 0.2) is 12.4 Å². The van der Waals surface area contributed by atoms with E-state index < -0.39 is 29.7 Å².